The third kappa shape index (κ3) is 3.89. The molecule has 2 aromatic carbocycles. The summed E-state index contributed by atoms with van der Waals surface area (Å²) in [6.45, 7) is 1.37. The Bertz CT molecular complexity index is 1260. The molecule has 8 heteroatoms. The van der Waals surface area contributed by atoms with Gasteiger partial charge in [0.05, 0.1) is 19.3 Å². The van der Waals surface area contributed by atoms with Crippen LogP contribution in [0.1, 0.15) is 0 Å². The smallest absolute Gasteiger partial charge is 0.262 e. The van der Waals surface area contributed by atoms with Crippen molar-refractivity contribution in [2.24, 2.45) is 7.05 Å². The Kier molecular flexibility index (Phi) is 5.73. The summed E-state index contributed by atoms with van der Waals surface area (Å²) in [6, 6.07) is 15.4. The Morgan fingerprint density at radius 2 is 1.90 bits per heavy atom. The largest absolute Gasteiger partial charge is 0.496 e. The average Bonchev–Trinajstić information content (AvgIpc) is 3.14. The molecule has 1 N–H and O–H groups in total. The third-order valence-electron chi connectivity index (χ3n) is 5.25. The zero-order valence-electron chi connectivity index (χ0n) is 18.0. The van der Waals surface area contributed by atoms with Gasteiger partial charge in [-0.15, -0.1) is 0 Å². The van der Waals surface area contributed by atoms with Crippen molar-refractivity contribution in [1.29, 1.82) is 0 Å². The number of H-pyrrole nitrogens is 1. The standard InChI is InChI=1S/C23H25N5O3/c1-27(12-13-30-3)16-10-11-17(18(14-16)31-4)21-24-22-19(23(29)25-21)20(26-28(22)2)15-8-6-5-7-9-15/h5-11,14H,12-13H2,1-4H3,(H,24,25,29). The van der Waals surface area contributed by atoms with Crippen LogP contribution in [0.25, 0.3) is 33.7 Å². The van der Waals surface area contributed by atoms with Crippen molar-refractivity contribution < 1.29 is 9.47 Å². The molecule has 2 aromatic heterocycles. The van der Waals surface area contributed by atoms with E-state index in [9.17, 15) is 4.79 Å². The number of ether oxygens (including phenoxy) is 2. The van der Waals surface area contributed by atoms with Crippen molar-refractivity contribution in [2.45, 2.75) is 0 Å². The van der Waals surface area contributed by atoms with E-state index in [1.165, 1.54) is 0 Å². The van der Waals surface area contributed by atoms with Crippen molar-refractivity contribution in [3.05, 3.63) is 58.9 Å². The molecule has 0 fully saturated rings. The number of aryl methyl sites for hydroxylation is 1. The number of benzene rings is 2. The molecule has 160 valence electrons. The van der Waals surface area contributed by atoms with Crippen LogP contribution in [0.2, 0.25) is 0 Å². The molecular formula is C23H25N5O3. The Hall–Kier alpha value is -3.65. The van der Waals surface area contributed by atoms with Gasteiger partial charge in [0.25, 0.3) is 5.56 Å². The van der Waals surface area contributed by atoms with E-state index in [2.05, 4.69) is 15.0 Å². The zero-order valence-corrected chi connectivity index (χ0v) is 18.0. The van der Waals surface area contributed by atoms with Gasteiger partial charge in [-0.25, -0.2) is 9.67 Å². The number of hydrogen-bond donors (Lipinski definition) is 1. The highest BCUT2D eigenvalue weighted by molar-refractivity contribution is 5.91. The second kappa shape index (κ2) is 8.61. The number of aromatic amines is 1. The molecule has 0 amide bonds. The molecule has 0 spiro atoms. The molecule has 0 bridgehead atoms. The van der Waals surface area contributed by atoms with Crippen LogP contribution in [0.15, 0.2) is 53.3 Å². The van der Waals surface area contributed by atoms with E-state index >= 15 is 0 Å². The second-order valence-corrected chi connectivity index (χ2v) is 7.25. The van der Waals surface area contributed by atoms with E-state index in [4.69, 9.17) is 14.5 Å². The highest BCUT2D eigenvalue weighted by Crippen LogP contribution is 2.32. The molecule has 0 saturated carbocycles. The summed E-state index contributed by atoms with van der Waals surface area (Å²) in [5, 5.41) is 5.01. The molecule has 0 saturated heterocycles. The number of fused-ring (bicyclic) bond motifs is 1. The number of aromatic nitrogens is 4. The van der Waals surface area contributed by atoms with Gasteiger partial charge in [-0.2, -0.15) is 5.10 Å². The van der Waals surface area contributed by atoms with Crippen molar-refractivity contribution >= 4 is 16.7 Å². The summed E-state index contributed by atoms with van der Waals surface area (Å²) >= 11 is 0. The van der Waals surface area contributed by atoms with Crippen LogP contribution in [0.5, 0.6) is 5.75 Å². The maximum atomic E-state index is 13.1. The normalized spacial score (nSPS) is 11.1. The summed E-state index contributed by atoms with van der Waals surface area (Å²) in [7, 11) is 7.06. The summed E-state index contributed by atoms with van der Waals surface area (Å²) in [5.41, 5.74) is 3.44. The molecule has 2 heterocycles. The van der Waals surface area contributed by atoms with Crippen LogP contribution < -0.4 is 15.2 Å². The molecule has 4 aromatic rings. The lowest BCUT2D eigenvalue weighted by Gasteiger charge is -2.20. The number of anilines is 1. The fourth-order valence-corrected chi connectivity index (χ4v) is 3.55. The molecule has 0 aliphatic rings. The number of nitrogens with one attached hydrogen (secondary N) is 1. The fraction of sp³-hybridized carbons (Fsp3) is 0.261. The Labute approximate surface area is 180 Å². The lowest BCUT2D eigenvalue weighted by atomic mass is 10.1. The minimum absolute atomic E-state index is 0.240. The monoisotopic (exact) mass is 419 g/mol. The van der Waals surface area contributed by atoms with Crippen molar-refractivity contribution in [1.82, 2.24) is 19.7 Å². The molecule has 0 unspecified atom stereocenters. The number of methoxy groups -OCH3 is 2. The molecule has 4 rings (SSSR count). The summed E-state index contributed by atoms with van der Waals surface area (Å²) in [5.74, 6) is 1.05. The van der Waals surface area contributed by atoms with Crippen molar-refractivity contribution in [3.63, 3.8) is 0 Å². The van der Waals surface area contributed by atoms with Gasteiger partial charge in [0.2, 0.25) is 0 Å². The quantitative estimate of drug-likeness (QED) is 0.496. The highest BCUT2D eigenvalue weighted by atomic mass is 16.5. The maximum absolute atomic E-state index is 13.1. The van der Waals surface area contributed by atoms with Gasteiger partial charge in [0.1, 0.15) is 22.7 Å². The van der Waals surface area contributed by atoms with Crippen LogP contribution in [-0.4, -0.2) is 54.2 Å². The lowest BCUT2D eigenvalue weighted by Crippen LogP contribution is -2.22. The van der Waals surface area contributed by atoms with Gasteiger partial charge in [0, 0.05) is 45.1 Å². The van der Waals surface area contributed by atoms with E-state index in [1.54, 1.807) is 25.9 Å². The number of nitrogens with zero attached hydrogens (tertiary/aromatic N) is 4. The van der Waals surface area contributed by atoms with Crippen molar-refractivity contribution in [3.8, 4) is 28.4 Å². The van der Waals surface area contributed by atoms with Crippen LogP contribution in [0.3, 0.4) is 0 Å². The van der Waals surface area contributed by atoms with E-state index in [0.29, 0.717) is 40.5 Å². The molecule has 0 atom stereocenters. The van der Waals surface area contributed by atoms with Crippen LogP contribution in [0.4, 0.5) is 5.69 Å². The first-order valence-electron chi connectivity index (χ1n) is 9.94. The Morgan fingerprint density at radius 3 is 2.61 bits per heavy atom. The van der Waals surface area contributed by atoms with E-state index < -0.39 is 0 Å². The zero-order chi connectivity index (χ0) is 22.0. The number of rotatable bonds is 7. The fourth-order valence-electron chi connectivity index (χ4n) is 3.55. The minimum Gasteiger partial charge on any atom is -0.496 e. The van der Waals surface area contributed by atoms with Crippen LogP contribution in [0, 0.1) is 0 Å². The lowest BCUT2D eigenvalue weighted by molar-refractivity contribution is 0.206. The van der Waals surface area contributed by atoms with Crippen LogP contribution >= 0.6 is 0 Å². The summed E-state index contributed by atoms with van der Waals surface area (Å²) < 4.78 is 12.4. The van der Waals surface area contributed by atoms with Gasteiger partial charge in [-0.05, 0) is 12.1 Å². The first-order valence-corrected chi connectivity index (χ1v) is 9.94. The molecule has 31 heavy (non-hydrogen) atoms. The predicted octanol–water partition coefficient (Wildman–Crippen LogP) is 3.08. The summed E-state index contributed by atoms with van der Waals surface area (Å²) in [4.78, 5) is 22.8. The van der Waals surface area contributed by atoms with E-state index in [0.717, 1.165) is 17.8 Å². The van der Waals surface area contributed by atoms with Crippen molar-refractivity contribution in [2.75, 3.05) is 39.3 Å². The highest BCUT2D eigenvalue weighted by Gasteiger charge is 2.19. The van der Waals surface area contributed by atoms with Gasteiger partial charge in [-0.1, -0.05) is 30.3 Å². The van der Waals surface area contributed by atoms with Gasteiger partial charge in [0.15, 0.2) is 5.65 Å². The molecule has 0 aliphatic heterocycles. The molecule has 0 aliphatic carbocycles. The van der Waals surface area contributed by atoms with Gasteiger partial charge in [-0.3, -0.25) is 4.79 Å². The van der Waals surface area contributed by atoms with Gasteiger partial charge < -0.3 is 19.4 Å². The van der Waals surface area contributed by atoms with Crippen LogP contribution in [-0.2, 0) is 11.8 Å². The Balaban J connectivity index is 1.80. The molecular weight excluding hydrogens is 394 g/mol. The average molecular weight is 419 g/mol. The Morgan fingerprint density at radius 1 is 1.13 bits per heavy atom. The third-order valence-corrected chi connectivity index (χ3v) is 5.25. The molecule has 8 nitrogen and oxygen atoms in total. The van der Waals surface area contributed by atoms with E-state index in [1.807, 2.05) is 55.6 Å². The predicted molar refractivity (Wildman–Crippen MR) is 122 cm³/mol. The first-order chi connectivity index (χ1) is 15.0. The van der Waals surface area contributed by atoms with E-state index in [-0.39, 0.29) is 5.56 Å². The van der Waals surface area contributed by atoms with Gasteiger partial charge >= 0.3 is 0 Å². The molecule has 0 radical (unpaired) electrons. The summed E-state index contributed by atoms with van der Waals surface area (Å²) in [6.07, 6.45) is 0. The first kappa shape index (κ1) is 20.6. The maximum Gasteiger partial charge on any atom is 0.262 e. The minimum atomic E-state index is -0.240. The second-order valence-electron chi connectivity index (χ2n) is 7.25. The number of likely N-dealkylation sites (N-methyl/N-ethyl adjacent to an activating group) is 1. The number of hydrogen-bond acceptors (Lipinski definition) is 6. The SMILES string of the molecule is COCCN(C)c1ccc(-c2nc3c(c(-c4ccccc4)nn3C)c(=O)[nH]2)c(OC)c1. The topological polar surface area (TPSA) is 85.3 Å².